The molecule has 0 aromatic rings. The van der Waals surface area contributed by atoms with Crippen molar-refractivity contribution in [1.82, 2.24) is 10.2 Å². The number of amides is 1. The first kappa shape index (κ1) is 10.9. The van der Waals surface area contributed by atoms with Gasteiger partial charge in [0.25, 0.3) is 0 Å². The van der Waals surface area contributed by atoms with Crippen molar-refractivity contribution < 1.29 is 4.79 Å². The Hall–Kier alpha value is -0.610. The smallest absolute Gasteiger partial charge is 0.225 e. The van der Waals surface area contributed by atoms with Gasteiger partial charge in [-0.25, -0.2) is 0 Å². The normalized spacial score (nSPS) is 25.9. The second-order valence-corrected chi connectivity index (χ2v) is 4.64. The highest BCUT2D eigenvalue weighted by Gasteiger charge is 2.36. The monoisotopic (exact) mass is 211 g/mol. The maximum Gasteiger partial charge on any atom is 0.225 e. The van der Waals surface area contributed by atoms with Crippen molar-refractivity contribution in [3.63, 3.8) is 0 Å². The van der Waals surface area contributed by atoms with Crippen LogP contribution in [0.5, 0.6) is 0 Å². The fourth-order valence-corrected chi connectivity index (χ4v) is 2.12. The van der Waals surface area contributed by atoms with Gasteiger partial charge in [0, 0.05) is 25.0 Å². The first-order valence-electron chi connectivity index (χ1n) is 6.03. The van der Waals surface area contributed by atoms with Gasteiger partial charge in [-0.3, -0.25) is 4.79 Å². The summed E-state index contributed by atoms with van der Waals surface area (Å²) in [5.74, 6) is 0.755. The summed E-state index contributed by atoms with van der Waals surface area (Å²) in [5.41, 5.74) is 5.43. The fourth-order valence-electron chi connectivity index (χ4n) is 2.12. The van der Waals surface area contributed by atoms with Gasteiger partial charge in [-0.2, -0.15) is 0 Å². The second kappa shape index (κ2) is 4.94. The highest BCUT2D eigenvalue weighted by Crippen LogP contribution is 2.32. The second-order valence-electron chi connectivity index (χ2n) is 4.64. The number of nitrogens with zero attached hydrogens (tertiary/aromatic N) is 1. The van der Waals surface area contributed by atoms with Crippen LogP contribution in [0.3, 0.4) is 0 Å². The minimum Gasteiger partial charge on any atom is -0.341 e. The molecule has 2 aliphatic rings. The summed E-state index contributed by atoms with van der Waals surface area (Å²) >= 11 is 0. The largest absolute Gasteiger partial charge is 0.341 e. The third-order valence-electron chi connectivity index (χ3n) is 3.24. The molecular weight excluding hydrogens is 190 g/mol. The molecule has 86 valence electrons. The molecule has 1 saturated heterocycles. The molecule has 15 heavy (non-hydrogen) atoms. The molecule has 2 fully saturated rings. The van der Waals surface area contributed by atoms with E-state index in [1.165, 1.54) is 0 Å². The van der Waals surface area contributed by atoms with Gasteiger partial charge < -0.3 is 16.0 Å². The Kier molecular flexibility index (Phi) is 3.59. The van der Waals surface area contributed by atoms with Gasteiger partial charge in [0.1, 0.15) is 0 Å². The molecule has 4 nitrogen and oxygen atoms in total. The molecule has 4 heteroatoms. The van der Waals surface area contributed by atoms with Gasteiger partial charge in [0.15, 0.2) is 0 Å². The number of carbonyl (C=O) groups is 1. The zero-order valence-electron chi connectivity index (χ0n) is 9.24. The van der Waals surface area contributed by atoms with E-state index in [4.69, 9.17) is 5.73 Å². The molecule has 0 bridgehead atoms. The van der Waals surface area contributed by atoms with Gasteiger partial charge in [-0.1, -0.05) is 0 Å². The lowest BCUT2D eigenvalue weighted by molar-refractivity contribution is -0.131. The summed E-state index contributed by atoms with van der Waals surface area (Å²) in [4.78, 5) is 13.8. The van der Waals surface area contributed by atoms with Crippen LogP contribution in [0.25, 0.3) is 0 Å². The Morgan fingerprint density at radius 3 is 2.87 bits per heavy atom. The number of nitrogens with two attached hydrogens (primary N) is 1. The van der Waals surface area contributed by atoms with Crippen LogP contribution < -0.4 is 11.1 Å². The zero-order chi connectivity index (χ0) is 10.7. The zero-order valence-corrected chi connectivity index (χ0v) is 9.24. The Balaban J connectivity index is 1.67. The predicted octanol–water partition coefficient (Wildman–Crippen LogP) is -0.0643. The summed E-state index contributed by atoms with van der Waals surface area (Å²) in [7, 11) is 0. The summed E-state index contributed by atoms with van der Waals surface area (Å²) in [6.07, 6.45) is 4.34. The molecule has 2 rings (SSSR count). The number of likely N-dealkylation sites (tertiary alicyclic amines) is 1. The van der Waals surface area contributed by atoms with E-state index < -0.39 is 0 Å². The van der Waals surface area contributed by atoms with Gasteiger partial charge in [0.2, 0.25) is 5.91 Å². The maximum atomic E-state index is 11.8. The van der Waals surface area contributed by atoms with E-state index in [1.54, 1.807) is 0 Å². The highest BCUT2D eigenvalue weighted by atomic mass is 16.2. The molecule has 0 radical (unpaired) electrons. The van der Waals surface area contributed by atoms with Crippen LogP contribution in [0.15, 0.2) is 0 Å². The summed E-state index contributed by atoms with van der Waals surface area (Å²) in [6.45, 7) is 3.56. The number of rotatable bonds is 5. The van der Waals surface area contributed by atoms with Crippen molar-refractivity contribution in [2.75, 3.05) is 26.2 Å². The summed E-state index contributed by atoms with van der Waals surface area (Å²) < 4.78 is 0. The van der Waals surface area contributed by atoms with Gasteiger partial charge >= 0.3 is 0 Å². The third kappa shape index (κ3) is 2.92. The van der Waals surface area contributed by atoms with Crippen molar-refractivity contribution in [3.05, 3.63) is 0 Å². The van der Waals surface area contributed by atoms with Gasteiger partial charge in [-0.05, 0) is 38.8 Å². The van der Waals surface area contributed by atoms with Crippen molar-refractivity contribution in [2.24, 2.45) is 11.7 Å². The number of hydrogen-bond donors (Lipinski definition) is 2. The van der Waals surface area contributed by atoms with Crippen molar-refractivity contribution in [3.8, 4) is 0 Å². The van der Waals surface area contributed by atoms with Gasteiger partial charge in [0.05, 0.1) is 0 Å². The summed E-state index contributed by atoms with van der Waals surface area (Å²) in [6, 6.07) is 0.499. The van der Waals surface area contributed by atoms with E-state index in [0.717, 1.165) is 51.9 Å². The molecule has 0 spiro atoms. The van der Waals surface area contributed by atoms with Crippen LogP contribution >= 0.6 is 0 Å². The number of hydrogen-bond acceptors (Lipinski definition) is 3. The minimum absolute atomic E-state index is 0.368. The van der Waals surface area contributed by atoms with E-state index in [2.05, 4.69) is 5.32 Å². The molecule has 1 aliphatic heterocycles. The molecule has 0 aromatic heterocycles. The van der Waals surface area contributed by atoms with Crippen molar-refractivity contribution in [1.29, 1.82) is 0 Å². The van der Waals surface area contributed by atoms with Crippen LogP contribution in [0, 0.1) is 5.92 Å². The Morgan fingerprint density at radius 2 is 2.20 bits per heavy atom. The highest BCUT2D eigenvalue weighted by molar-refractivity contribution is 5.81. The van der Waals surface area contributed by atoms with Crippen LogP contribution in [0.2, 0.25) is 0 Å². The Morgan fingerprint density at radius 1 is 1.40 bits per heavy atom. The van der Waals surface area contributed by atoms with Crippen LogP contribution in [0.1, 0.15) is 25.7 Å². The SMILES string of the molecule is NCCCNC1CCN(C(=O)C2CC2)C1. The van der Waals surface area contributed by atoms with Crippen molar-refractivity contribution in [2.45, 2.75) is 31.7 Å². The molecule has 1 heterocycles. The minimum atomic E-state index is 0.368. The van der Waals surface area contributed by atoms with Crippen LogP contribution in [-0.2, 0) is 4.79 Å². The molecule has 1 amide bonds. The number of carbonyl (C=O) groups excluding carboxylic acids is 1. The predicted molar refractivity (Wildman–Crippen MR) is 59.4 cm³/mol. The van der Waals surface area contributed by atoms with Gasteiger partial charge in [-0.15, -0.1) is 0 Å². The molecule has 1 unspecified atom stereocenters. The fraction of sp³-hybridized carbons (Fsp3) is 0.909. The first-order chi connectivity index (χ1) is 7.31. The molecule has 0 aromatic carbocycles. The van der Waals surface area contributed by atoms with E-state index in [0.29, 0.717) is 17.9 Å². The molecule has 1 aliphatic carbocycles. The lowest BCUT2D eigenvalue weighted by Crippen LogP contribution is -2.36. The Bertz CT molecular complexity index is 228. The lowest BCUT2D eigenvalue weighted by Gasteiger charge is -2.16. The third-order valence-corrected chi connectivity index (χ3v) is 3.24. The van der Waals surface area contributed by atoms with Crippen LogP contribution in [0.4, 0.5) is 0 Å². The van der Waals surface area contributed by atoms with Crippen molar-refractivity contribution >= 4 is 5.91 Å². The van der Waals surface area contributed by atoms with E-state index in [-0.39, 0.29) is 0 Å². The molecule has 1 atom stereocenters. The van der Waals surface area contributed by atoms with Crippen LogP contribution in [-0.4, -0.2) is 43.0 Å². The summed E-state index contributed by atoms with van der Waals surface area (Å²) in [5, 5.41) is 3.45. The molecule has 3 N–H and O–H groups in total. The van der Waals surface area contributed by atoms with E-state index >= 15 is 0 Å². The maximum absolute atomic E-state index is 11.8. The van der Waals surface area contributed by atoms with E-state index in [9.17, 15) is 4.79 Å². The number of nitrogens with one attached hydrogen (secondary N) is 1. The molecular formula is C11H21N3O. The average molecular weight is 211 g/mol. The Labute approximate surface area is 91.2 Å². The average Bonchev–Trinajstić information content (AvgIpc) is 2.98. The van der Waals surface area contributed by atoms with E-state index in [1.807, 2.05) is 4.90 Å². The lowest BCUT2D eigenvalue weighted by atomic mass is 10.2. The molecule has 1 saturated carbocycles. The first-order valence-corrected chi connectivity index (χ1v) is 6.03. The quantitative estimate of drug-likeness (QED) is 0.626. The standard InChI is InChI=1S/C11H21N3O/c12-5-1-6-13-10-4-7-14(8-10)11(15)9-2-3-9/h9-10,13H,1-8,12H2. The topological polar surface area (TPSA) is 58.4 Å².